The molecule has 1 aliphatic heterocycles. The lowest BCUT2D eigenvalue weighted by Crippen LogP contribution is -2.32. The summed E-state index contributed by atoms with van der Waals surface area (Å²) < 4.78 is 28.0. The van der Waals surface area contributed by atoms with E-state index in [0.29, 0.717) is 4.54 Å². The van der Waals surface area contributed by atoms with Gasteiger partial charge in [0.25, 0.3) is 0 Å². The third kappa shape index (κ3) is 1.48. The van der Waals surface area contributed by atoms with Crippen LogP contribution in [0, 0.1) is 16.5 Å². The van der Waals surface area contributed by atoms with Crippen LogP contribution in [0.2, 0.25) is 0 Å². The van der Waals surface area contributed by atoms with Gasteiger partial charge < -0.3 is 0 Å². The zero-order valence-electron chi connectivity index (χ0n) is 10.4. The van der Waals surface area contributed by atoms with Crippen LogP contribution in [0.15, 0.2) is 36.4 Å². The number of rotatable bonds is 0. The molecule has 0 saturated heterocycles. The fourth-order valence-corrected chi connectivity index (χ4v) is 2.45. The van der Waals surface area contributed by atoms with Crippen LogP contribution in [-0.2, 0) is 0 Å². The van der Waals surface area contributed by atoms with Gasteiger partial charge in [0.1, 0.15) is 22.8 Å². The maximum atomic E-state index is 13.4. The van der Waals surface area contributed by atoms with Crippen LogP contribution < -0.4 is 4.54 Å². The summed E-state index contributed by atoms with van der Waals surface area (Å²) in [6.07, 6.45) is 0. The Bertz CT molecular complexity index is 1010. The number of benzene rings is 2. The highest BCUT2D eigenvalue weighted by atomic mass is 19.1. The molecule has 0 bridgehead atoms. The van der Waals surface area contributed by atoms with Gasteiger partial charge in [-0.1, -0.05) is 0 Å². The van der Waals surface area contributed by atoms with E-state index in [0.717, 1.165) is 28.9 Å². The van der Waals surface area contributed by atoms with Crippen molar-refractivity contribution in [2.45, 2.75) is 0 Å². The smallest absolute Gasteiger partial charge is 0.285 e. The third-order valence-corrected chi connectivity index (χ3v) is 3.39. The predicted octanol–water partition coefficient (Wildman–Crippen LogP) is 1.76. The van der Waals surface area contributed by atoms with Crippen molar-refractivity contribution < 1.29 is 18.1 Å². The Hall–Kier alpha value is -2.96. The topological polar surface area (TPSA) is 57.9 Å². The zero-order valence-corrected chi connectivity index (χ0v) is 10.4. The molecule has 0 amide bonds. The number of nitrogens with zero attached hydrogens (tertiary/aromatic N) is 3. The number of ketones is 1. The minimum atomic E-state index is -0.599. The van der Waals surface area contributed by atoms with Crippen LogP contribution in [0.4, 0.5) is 8.78 Å². The number of fused-ring (bicyclic) bond motifs is 4. The summed E-state index contributed by atoms with van der Waals surface area (Å²) in [4.78, 5) is 28.7. The molecule has 5 nitrogen and oxygen atoms in total. The molecule has 2 aromatic carbocycles. The van der Waals surface area contributed by atoms with E-state index in [1.807, 2.05) is 0 Å². The van der Waals surface area contributed by atoms with Crippen LogP contribution >= 0.6 is 0 Å². The molecule has 2 heterocycles. The number of hydrogen-bond acceptors (Lipinski definition) is 3. The van der Waals surface area contributed by atoms with Gasteiger partial charge in [-0.3, -0.25) is 4.79 Å². The average molecular weight is 286 g/mol. The maximum absolute atomic E-state index is 13.4. The van der Waals surface area contributed by atoms with Crippen molar-refractivity contribution in [2.75, 3.05) is 0 Å². The molecule has 0 radical (unpaired) electrons. The summed E-state index contributed by atoms with van der Waals surface area (Å²) in [6.45, 7) is 0. The largest absolute Gasteiger partial charge is 0.321 e. The number of aromatic nitrogens is 3. The number of carbonyl (C=O) groups is 1. The van der Waals surface area contributed by atoms with Gasteiger partial charge in [-0.25, -0.2) is 13.8 Å². The van der Waals surface area contributed by atoms with Crippen molar-refractivity contribution in [1.82, 2.24) is 9.67 Å². The Labute approximate surface area is 115 Å². The lowest BCUT2D eigenvalue weighted by Gasteiger charge is -1.97. The van der Waals surface area contributed by atoms with Crippen LogP contribution in [0.25, 0.3) is 16.7 Å². The lowest BCUT2D eigenvalue weighted by molar-refractivity contribution is -0.559. The van der Waals surface area contributed by atoms with E-state index >= 15 is 0 Å². The van der Waals surface area contributed by atoms with Gasteiger partial charge >= 0.3 is 5.52 Å². The van der Waals surface area contributed by atoms with Gasteiger partial charge in [0.2, 0.25) is 11.6 Å². The lowest BCUT2D eigenvalue weighted by atomic mass is 10.1. The first-order valence-electron chi connectivity index (χ1n) is 6.06. The first-order valence-corrected chi connectivity index (χ1v) is 6.06. The van der Waals surface area contributed by atoms with Crippen molar-refractivity contribution in [1.29, 1.82) is 0 Å². The molecule has 0 unspecified atom stereocenters. The molecule has 102 valence electrons. The molecule has 4 rings (SSSR count). The van der Waals surface area contributed by atoms with Crippen molar-refractivity contribution in [3.05, 3.63) is 64.3 Å². The Balaban J connectivity index is 2.20. The standard InChI is InChI=1S/C14H6F2N3O2/c15-7-1-3-9-11(5-7)18-14(13(9)20)17-10-4-2-8(16)6-12(10)19(18)21/h1-6H/q+1. The predicted molar refractivity (Wildman–Crippen MR) is 67.8 cm³/mol. The second kappa shape index (κ2) is 3.78. The molecule has 1 aromatic heterocycles. The van der Waals surface area contributed by atoms with Crippen LogP contribution in [0.1, 0.15) is 16.2 Å². The molecule has 0 spiro atoms. The zero-order chi connectivity index (χ0) is 14.7. The highest BCUT2D eigenvalue weighted by Gasteiger charge is 2.36. The molecule has 21 heavy (non-hydrogen) atoms. The highest BCUT2D eigenvalue weighted by molar-refractivity contribution is 6.12. The molecule has 7 heteroatoms. The van der Waals surface area contributed by atoms with E-state index in [1.165, 1.54) is 12.1 Å². The van der Waals surface area contributed by atoms with Gasteiger partial charge in [-0.15, -0.1) is 0 Å². The molecular weight excluding hydrogens is 280 g/mol. The highest BCUT2D eigenvalue weighted by Crippen LogP contribution is 2.26. The first kappa shape index (κ1) is 11.8. The molecule has 0 fully saturated rings. The summed E-state index contributed by atoms with van der Waals surface area (Å²) in [6, 6.07) is 7.00. The second-order valence-electron chi connectivity index (χ2n) is 4.64. The number of carbonyl (C=O) groups excluding carboxylic acids is 1. The molecule has 1 aliphatic rings. The minimum Gasteiger partial charge on any atom is -0.285 e. The molecule has 0 atom stereocenters. The van der Waals surface area contributed by atoms with Crippen molar-refractivity contribution in [3.63, 3.8) is 0 Å². The molecule has 3 aromatic rings. The third-order valence-electron chi connectivity index (χ3n) is 3.39. The summed E-state index contributed by atoms with van der Waals surface area (Å²) in [5.74, 6) is -1.77. The van der Waals surface area contributed by atoms with E-state index in [-0.39, 0.29) is 28.1 Å². The summed E-state index contributed by atoms with van der Waals surface area (Å²) >= 11 is 0. The Morgan fingerprint density at radius 2 is 1.76 bits per heavy atom. The van der Waals surface area contributed by atoms with Crippen molar-refractivity contribution >= 4 is 16.8 Å². The second-order valence-corrected chi connectivity index (χ2v) is 4.64. The average Bonchev–Trinajstić information content (AvgIpc) is 2.73. The summed E-state index contributed by atoms with van der Waals surface area (Å²) in [5, 5.41) is 0. The first-order chi connectivity index (χ1) is 10.1. The van der Waals surface area contributed by atoms with Gasteiger partial charge in [-0.05, 0) is 28.9 Å². The Morgan fingerprint density at radius 1 is 1.05 bits per heavy atom. The van der Waals surface area contributed by atoms with Gasteiger partial charge in [0, 0.05) is 6.07 Å². The molecular formula is C14H6F2N3O2+. The SMILES string of the molecule is O=C1c2ccc(F)cc2-n2c1nc1ccc(F)cc1[n+]2=O. The summed E-state index contributed by atoms with van der Waals surface area (Å²) in [7, 11) is 0. The Morgan fingerprint density at radius 3 is 2.57 bits per heavy atom. The van der Waals surface area contributed by atoms with Gasteiger partial charge in [0.05, 0.1) is 16.5 Å². The van der Waals surface area contributed by atoms with E-state index in [1.54, 1.807) is 0 Å². The Kier molecular flexibility index (Phi) is 2.13. The van der Waals surface area contributed by atoms with E-state index in [2.05, 4.69) is 4.98 Å². The normalized spacial score (nSPS) is 12.6. The number of hydrogen-bond donors (Lipinski definition) is 0. The van der Waals surface area contributed by atoms with Crippen LogP contribution in [-0.4, -0.2) is 15.4 Å². The molecule has 0 aliphatic carbocycles. The van der Waals surface area contributed by atoms with E-state index < -0.39 is 17.4 Å². The van der Waals surface area contributed by atoms with Gasteiger partial charge in [-0.2, -0.15) is 0 Å². The fraction of sp³-hybridized carbons (Fsp3) is 0. The van der Waals surface area contributed by atoms with E-state index in [4.69, 9.17) is 0 Å². The van der Waals surface area contributed by atoms with E-state index in [9.17, 15) is 18.5 Å². The maximum Gasteiger partial charge on any atom is 0.321 e. The van der Waals surface area contributed by atoms with Gasteiger partial charge in [0.15, 0.2) is 4.54 Å². The fourth-order valence-electron chi connectivity index (χ4n) is 2.45. The minimum absolute atomic E-state index is 0.0383. The number of halogens is 2. The molecule has 0 saturated carbocycles. The van der Waals surface area contributed by atoms with Crippen molar-refractivity contribution in [3.8, 4) is 5.69 Å². The van der Waals surface area contributed by atoms with Crippen molar-refractivity contribution in [2.24, 2.45) is 0 Å². The molecule has 0 N–H and O–H groups in total. The summed E-state index contributed by atoms with van der Waals surface area (Å²) in [5.41, 5.74) is 0.441. The van der Waals surface area contributed by atoms with Crippen LogP contribution in [0.3, 0.4) is 0 Å². The monoisotopic (exact) mass is 286 g/mol. The quantitative estimate of drug-likeness (QED) is 0.463. The van der Waals surface area contributed by atoms with Crippen LogP contribution in [0.5, 0.6) is 0 Å².